The van der Waals surface area contributed by atoms with E-state index >= 15 is 0 Å². The van der Waals surface area contributed by atoms with E-state index in [2.05, 4.69) is 15.8 Å². The second kappa shape index (κ2) is 8.38. The van der Waals surface area contributed by atoms with Crippen LogP contribution in [0.3, 0.4) is 0 Å². The van der Waals surface area contributed by atoms with E-state index in [1.807, 2.05) is 6.07 Å². The Balaban J connectivity index is 1.67. The number of amides is 2. The van der Waals surface area contributed by atoms with Crippen molar-refractivity contribution in [3.05, 3.63) is 54.5 Å². The summed E-state index contributed by atoms with van der Waals surface area (Å²) in [5.74, 6) is 0.316. The van der Waals surface area contributed by atoms with Crippen LogP contribution >= 0.6 is 0 Å². The predicted octanol–water partition coefficient (Wildman–Crippen LogP) is 1.32. The van der Waals surface area contributed by atoms with E-state index in [0.717, 1.165) is 0 Å². The second-order valence-electron chi connectivity index (χ2n) is 4.59. The molecule has 0 unspecified atom stereocenters. The maximum Gasteiger partial charge on any atom is 0.259 e. The van der Waals surface area contributed by atoms with Gasteiger partial charge in [-0.3, -0.25) is 9.59 Å². The number of hydrazone groups is 1. The number of rotatable bonds is 7. The molecule has 7 nitrogen and oxygen atoms in total. The largest absolute Gasteiger partial charge is 0.484 e. The first-order chi connectivity index (χ1) is 11.1. The first-order valence-corrected chi connectivity index (χ1v) is 6.96. The zero-order chi connectivity index (χ0) is 16.5. The molecular formula is C16H17N3O4. The predicted molar refractivity (Wildman–Crippen MR) is 84.0 cm³/mol. The van der Waals surface area contributed by atoms with Crippen molar-refractivity contribution < 1.29 is 18.7 Å². The number of nitrogens with one attached hydrogen (secondary N) is 2. The lowest BCUT2D eigenvalue weighted by Gasteiger charge is -2.06. The fourth-order valence-corrected chi connectivity index (χ4v) is 1.62. The van der Waals surface area contributed by atoms with Crippen molar-refractivity contribution in [2.75, 3.05) is 13.2 Å². The molecule has 0 fully saturated rings. The fraction of sp³-hybridized carbons (Fsp3) is 0.188. The molecule has 0 atom stereocenters. The first kappa shape index (κ1) is 16.3. The molecule has 23 heavy (non-hydrogen) atoms. The summed E-state index contributed by atoms with van der Waals surface area (Å²) in [5, 5.41) is 6.32. The van der Waals surface area contributed by atoms with Crippen molar-refractivity contribution in [3.63, 3.8) is 0 Å². The van der Waals surface area contributed by atoms with Gasteiger partial charge in [0.05, 0.1) is 12.8 Å². The molecule has 120 valence electrons. The lowest BCUT2D eigenvalue weighted by atomic mass is 10.3. The van der Waals surface area contributed by atoms with Crippen LogP contribution in [0.5, 0.6) is 5.75 Å². The summed E-state index contributed by atoms with van der Waals surface area (Å²) in [5.41, 5.74) is 2.86. The molecule has 1 heterocycles. The van der Waals surface area contributed by atoms with Crippen molar-refractivity contribution in [3.8, 4) is 5.75 Å². The molecule has 7 heteroatoms. The molecule has 0 bridgehead atoms. The van der Waals surface area contributed by atoms with Crippen LogP contribution in [-0.2, 0) is 9.59 Å². The fourth-order valence-electron chi connectivity index (χ4n) is 1.62. The molecule has 1 aromatic carbocycles. The van der Waals surface area contributed by atoms with Crippen molar-refractivity contribution in [1.82, 2.24) is 10.7 Å². The molecule has 0 aliphatic carbocycles. The summed E-state index contributed by atoms with van der Waals surface area (Å²) in [4.78, 5) is 23.2. The van der Waals surface area contributed by atoms with Crippen molar-refractivity contribution >= 4 is 17.5 Å². The average Bonchev–Trinajstić information content (AvgIpc) is 3.11. The summed E-state index contributed by atoms with van der Waals surface area (Å²) >= 11 is 0. The van der Waals surface area contributed by atoms with E-state index in [1.54, 1.807) is 43.3 Å². The number of ether oxygens (including phenoxy) is 1. The van der Waals surface area contributed by atoms with E-state index in [9.17, 15) is 9.59 Å². The molecule has 0 spiro atoms. The third-order valence-electron chi connectivity index (χ3n) is 2.79. The molecule has 0 aliphatic rings. The SMILES string of the molecule is C/C(=N\NC(=O)CNC(=O)COc1ccccc1)c1ccco1. The van der Waals surface area contributed by atoms with Gasteiger partial charge in [0.25, 0.3) is 11.8 Å². The highest BCUT2D eigenvalue weighted by Crippen LogP contribution is 2.07. The number of para-hydroxylation sites is 1. The second-order valence-corrected chi connectivity index (χ2v) is 4.59. The Hall–Kier alpha value is -3.09. The van der Waals surface area contributed by atoms with Crippen LogP contribution in [0.15, 0.2) is 58.2 Å². The molecule has 0 saturated heterocycles. The Bertz CT molecular complexity index is 666. The highest BCUT2D eigenvalue weighted by Gasteiger charge is 2.06. The van der Waals surface area contributed by atoms with Gasteiger partial charge in [-0.05, 0) is 31.2 Å². The Labute approximate surface area is 133 Å². The maximum atomic E-state index is 11.6. The number of carbonyl (C=O) groups is 2. The molecule has 2 aromatic rings. The monoisotopic (exact) mass is 315 g/mol. The highest BCUT2D eigenvalue weighted by atomic mass is 16.5. The Morgan fingerprint density at radius 2 is 1.91 bits per heavy atom. The third-order valence-corrected chi connectivity index (χ3v) is 2.79. The lowest BCUT2D eigenvalue weighted by molar-refractivity contribution is -0.127. The topological polar surface area (TPSA) is 92.9 Å². The number of hydrogen-bond donors (Lipinski definition) is 2. The zero-order valence-corrected chi connectivity index (χ0v) is 12.6. The molecule has 0 radical (unpaired) electrons. The van der Waals surface area contributed by atoms with Crippen LogP contribution < -0.4 is 15.5 Å². The van der Waals surface area contributed by atoms with Gasteiger partial charge < -0.3 is 14.5 Å². The van der Waals surface area contributed by atoms with Crippen molar-refractivity contribution in [2.24, 2.45) is 5.10 Å². The van der Waals surface area contributed by atoms with Crippen molar-refractivity contribution in [2.45, 2.75) is 6.92 Å². The van der Waals surface area contributed by atoms with Crippen LogP contribution in [0.4, 0.5) is 0 Å². The van der Waals surface area contributed by atoms with Gasteiger partial charge in [0, 0.05) is 0 Å². The van der Waals surface area contributed by atoms with Crippen LogP contribution in [0.2, 0.25) is 0 Å². The molecule has 2 rings (SSSR count). The van der Waals surface area contributed by atoms with Gasteiger partial charge in [0.2, 0.25) is 0 Å². The number of carbonyl (C=O) groups excluding carboxylic acids is 2. The number of nitrogens with zero attached hydrogens (tertiary/aromatic N) is 1. The highest BCUT2D eigenvalue weighted by molar-refractivity contribution is 5.97. The van der Waals surface area contributed by atoms with E-state index in [-0.39, 0.29) is 13.2 Å². The van der Waals surface area contributed by atoms with Gasteiger partial charge in [0.15, 0.2) is 6.61 Å². The standard InChI is InChI=1S/C16H17N3O4/c1-12(14-8-5-9-22-14)18-19-15(20)10-17-16(21)11-23-13-6-3-2-4-7-13/h2-9H,10-11H2,1H3,(H,17,21)(H,19,20)/b18-12+. The van der Waals surface area contributed by atoms with Crippen molar-refractivity contribution in [1.29, 1.82) is 0 Å². The molecule has 0 aliphatic heterocycles. The first-order valence-electron chi connectivity index (χ1n) is 6.96. The number of benzene rings is 1. The molecule has 2 amide bonds. The lowest BCUT2D eigenvalue weighted by Crippen LogP contribution is -2.37. The van der Waals surface area contributed by atoms with Crippen LogP contribution in [0.1, 0.15) is 12.7 Å². The van der Waals surface area contributed by atoms with E-state index in [4.69, 9.17) is 9.15 Å². The van der Waals surface area contributed by atoms with E-state index in [1.165, 1.54) is 6.26 Å². The average molecular weight is 315 g/mol. The minimum absolute atomic E-state index is 0.161. The van der Waals surface area contributed by atoms with E-state index in [0.29, 0.717) is 17.2 Å². The molecular weight excluding hydrogens is 298 g/mol. The smallest absolute Gasteiger partial charge is 0.259 e. The number of hydrogen-bond acceptors (Lipinski definition) is 5. The maximum absolute atomic E-state index is 11.6. The van der Waals surface area contributed by atoms with Gasteiger partial charge in [0.1, 0.15) is 17.2 Å². The van der Waals surface area contributed by atoms with Gasteiger partial charge in [-0.1, -0.05) is 18.2 Å². The summed E-state index contributed by atoms with van der Waals surface area (Å²) in [6, 6.07) is 12.4. The summed E-state index contributed by atoms with van der Waals surface area (Å²) in [6.07, 6.45) is 1.52. The van der Waals surface area contributed by atoms with Gasteiger partial charge >= 0.3 is 0 Å². The minimum Gasteiger partial charge on any atom is -0.484 e. The van der Waals surface area contributed by atoms with Gasteiger partial charge in [-0.25, -0.2) is 5.43 Å². The molecule has 0 saturated carbocycles. The summed E-state index contributed by atoms with van der Waals surface area (Å²) < 4.78 is 10.4. The Morgan fingerprint density at radius 3 is 2.61 bits per heavy atom. The third kappa shape index (κ3) is 5.66. The summed E-state index contributed by atoms with van der Waals surface area (Å²) in [7, 11) is 0. The van der Waals surface area contributed by atoms with Gasteiger partial charge in [-0.15, -0.1) is 0 Å². The minimum atomic E-state index is -0.441. The normalized spacial score (nSPS) is 10.9. The van der Waals surface area contributed by atoms with Crippen LogP contribution in [0, 0.1) is 0 Å². The number of furan rings is 1. The van der Waals surface area contributed by atoms with Crippen LogP contribution in [0.25, 0.3) is 0 Å². The zero-order valence-electron chi connectivity index (χ0n) is 12.6. The molecule has 2 N–H and O–H groups in total. The Morgan fingerprint density at radius 1 is 1.13 bits per heavy atom. The van der Waals surface area contributed by atoms with Crippen LogP contribution in [-0.4, -0.2) is 30.7 Å². The van der Waals surface area contributed by atoms with E-state index < -0.39 is 11.8 Å². The Kier molecular flexibility index (Phi) is 5.93. The van der Waals surface area contributed by atoms with Gasteiger partial charge in [-0.2, -0.15) is 5.10 Å². The quantitative estimate of drug-likeness (QED) is 0.595. The summed E-state index contributed by atoms with van der Waals surface area (Å²) in [6.45, 7) is 1.35. The molecule has 1 aromatic heterocycles.